The Balaban J connectivity index is 3.11. The molecule has 0 aliphatic carbocycles. The standard InChI is InChI=1S/C12H16O2/c1-9(2)10-7-5-6-8-11(10)12(13-3)14-4/h5-8,12H,1H2,2-4H3. The van der Waals surface area contributed by atoms with Gasteiger partial charge in [0.1, 0.15) is 0 Å². The molecule has 0 aliphatic heterocycles. The molecule has 0 radical (unpaired) electrons. The van der Waals surface area contributed by atoms with Crippen LogP contribution < -0.4 is 0 Å². The number of methoxy groups -OCH3 is 2. The quantitative estimate of drug-likeness (QED) is 0.683. The van der Waals surface area contributed by atoms with E-state index >= 15 is 0 Å². The Labute approximate surface area is 85.2 Å². The first-order chi connectivity index (χ1) is 6.70. The lowest BCUT2D eigenvalue weighted by molar-refractivity contribution is -0.106. The third-order valence-corrected chi connectivity index (χ3v) is 2.10. The molecule has 2 heteroatoms. The summed E-state index contributed by atoms with van der Waals surface area (Å²) in [5.41, 5.74) is 3.12. The zero-order valence-electron chi connectivity index (χ0n) is 8.91. The minimum absolute atomic E-state index is 0.317. The van der Waals surface area contributed by atoms with Crippen LogP contribution in [0, 0.1) is 0 Å². The summed E-state index contributed by atoms with van der Waals surface area (Å²) < 4.78 is 10.4. The zero-order chi connectivity index (χ0) is 10.6. The van der Waals surface area contributed by atoms with Gasteiger partial charge in [0.15, 0.2) is 6.29 Å². The molecule has 0 amide bonds. The van der Waals surface area contributed by atoms with Crippen LogP contribution in [-0.2, 0) is 9.47 Å². The first-order valence-electron chi connectivity index (χ1n) is 4.51. The van der Waals surface area contributed by atoms with Gasteiger partial charge < -0.3 is 9.47 Å². The molecule has 0 atom stereocenters. The number of hydrogen-bond donors (Lipinski definition) is 0. The van der Waals surface area contributed by atoms with Crippen LogP contribution in [0.5, 0.6) is 0 Å². The molecule has 0 aromatic heterocycles. The van der Waals surface area contributed by atoms with Crippen molar-refractivity contribution in [1.29, 1.82) is 0 Å². The molecule has 1 rings (SSSR count). The van der Waals surface area contributed by atoms with Crippen LogP contribution in [0.4, 0.5) is 0 Å². The smallest absolute Gasteiger partial charge is 0.183 e. The second-order valence-electron chi connectivity index (χ2n) is 3.17. The van der Waals surface area contributed by atoms with Gasteiger partial charge in [-0.05, 0) is 12.5 Å². The van der Waals surface area contributed by atoms with Crippen molar-refractivity contribution in [2.24, 2.45) is 0 Å². The lowest BCUT2D eigenvalue weighted by Gasteiger charge is -2.17. The van der Waals surface area contributed by atoms with E-state index in [1.807, 2.05) is 31.2 Å². The Hall–Kier alpha value is -1.12. The van der Waals surface area contributed by atoms with Crippen LogP contribution in [0.25, 0.3) is 5.57 Å². The molecule has 0 spiro atoms. The number of allylic oxidation sites excluding steroid dienone is 1. The van der Waals surface area contributed by atoms with Crippen LogP contribution in [0.3, 0.4) is 0 Å². The highest BCUT2D eigenvalue weighted by Crippen LogP contribution is 2.25. The Morgan fingerprint density at radius 2 is 1.79 bits per heavy atom. The Bertz CT molecular complexity index is 314. The summed E-state index contributed by atoms with van der Waals surface area (Å²) in [6.07, 6.45) is -0.317. The maximum absolute atomic E-state index is 5.21. The molecule has 0 unspecified atom stereocenters. The van der Waals surface area contributed by atoms with Gasteiger partial charge in [0.25, 0.3) is 0 Å². The van der Waals surface area contributed by atoms with Crippen molar-refractivity contribution in [1.82, 2.24) is 0 Å². The first-order valence-corrected chi connectivity index (χ1v) is 4.51. The highest BCUT2D eigenvalue weighted by molar-refractivity contribution is 5.64. The van der Waals surface area contributed by atoms with Crippen LogP contribution in [0.15, 0.2) is 30.8 Å². The molecular formula is C12H16O2. The molecule has 0 heterocycles. The lowest BCUT2D eigenvalue weighted by Crippen LogP contribution is -2.06. The van der Waals surface area contributed by atoms with Crippen molar-refractivity contribution >= 4 is 5.57 Å². The fraction of sp³-hybridized carbons (Fsp3) is 0.333. The molecule has 1 aromatic rings. The molecule has 0 fully saturated rings. The van der Waals surface area contributed by atoms with Crippen molar-refractivity contribution in [2.45, 2.75) is 13.2 Å². The van der Waals surface area contributed by atoms with Crippen LogP contribution in [-0.4, -0.2) is 14.2 Å². The van der Waals surface area contributed by atoms with Crippen molar-refractivity contribution in [2.75, 3.05) is 14.2 Å². The average molecular weight is 192 g/mol. The number of rotatable bonds is 4. The van der Waals surface area contributed by atoms with E-state index in [1.54, 1.807) is 14.2 Å². The van der Waals surface area contributed by atoms with Crippen LogP contribution in [0.2, 0.25) is 0 Å². The molecule has 2 nitrogen and oxygen atoms in total. The van der Waals surface area contributed by atoms with E-state index in [-0.39, 0.29) is 6.29 Å². The summed E-state index contributed by atoms with van der Waals surface area (Å²) >= 11 is 0. The fourth-order valence-corrected chi connectivity index (χ4v) is 1.44. The van der Waals surface area contributed by atoms with E-state index in [1.165, 1.54) is 0 Å². The van der Waals surface area contributed by atoms with Gasteiger partial charge >= 0.3 is 0 Å². The van der Waals surface area contributed by atoms with E-state index in [0.717, 1.165) is 16.7 Å². The average Bonchev–Trinajstić information content (AvgIpc) is 2.20. The van der Waals surface area contributed by atoms with E-state index in [4.69, 9.17) is 9.47 Å². The molecule has 0 aliphatic rings. The molecule has 1 aromatic carbocycles. The third kappa shape index (κ3) is 2.22. The number of ether oxygens (including phenoxy) is 2. The van der Waals surface area contributed by atoms with Gasteiger partial charge in [-0.1, -0.05) is 36.4 Å². The minimum Gasteiger partial charge on any atom is -0.352 e. The van der Waals surface area contributed by atoms with Crippen molar-refractivity contribution in [3.63, 3.8) is 0 Å². The number of benzene rings is 1. The first kappa shape index (κ1) is 11.0. The van der Waals surface area contributed by atoms with Crippen molar-refractivity contribution < 1.29 is 9.47 Å². The summed E-state index contributed by atoms with van der Waals surface area (Å²) in [6, 6.07) is 7.95. The van der Waals surface area contributed by atoms with E-state index in [0.29, 0.717) is 0 Å². The highest BCUT2D eigenvalue weighted by Gasteiger charge is 2.12. The molecule has 0 saturated carbocycles. The van der Waals surface area contributed by atoms with Gasteiger partial charge in [-0.15, -0.1) is 0 Å². The third-order valence-electron chi connectivity index (χ3n) is 2.10. The maximum Gasteiger partial charge on any atom is 0.183 e. The van der Waals surface area contributed by atoms with Gasteiger partial charge in [-0.3, -0.25) is 0 Å². The van der Waals surface area contributed by atoms with Gasteiger partial charge in [0.2, 0.25) is 0 Å². The highest BCUT2D eigenvalue weighted by atomic mass is 16.7. The Kier molecular flexibility index (Phi) is 3.86. The van der Waals surface area contributed by atoms with E-state index < -0.39 is 0 Å². The van der Waals surface area contributed by atoms with Gasteiger partial charge in [0.05, 0.1) is 0 Å². The summed E-state index contributed by atoms with van der Waals surface area (Å²) in [5.74, 6) is 0. The predicted molar refractivity (Wildman–Crippen MR) is 57.9 cm³/mol. The predicted octanol–water partition coefficient (Wildman–Crippen LogP) is 3.01. The Morgan fingerprint density at radius 1 is 1.21 bits per heavy atom. The van der Waals surface area contributed by atoms with Crippen LogP contribution >= 0.6 is 0 Å². The summed E-state index contributed by atoms with van der Waals surface area (Å²) in [6.45, 7) is 5.90. The monoisotopic (exact) mass is 192 g/mol. The SMILES string of the molecule is C=C(C)c1ccccc1C(OC)OC. The summed E-state index contributed by atoms with van der Waals surface area (Å²) in [5, 5.41) is 0. The molecule has 0 bridgehead atoms. The lowest BCUT2D eigenvalue weighted by atomic mass is 10.0. The second-order valence-corrected chi connectivity index (χ2v) is 3.17. The maximum atomic E-state index is 5.21. The Morgan fingerprint density at radius 3 is 2.29 bits per heavy atom. The minimum atomic E-state index is -0.317. The van der Waals surface area contributed by atoms with Crippen LogP contribution in [0.1, 0.15) is 24.3 Å². The molecule has 0 saturated heterocycles. The normalized spacial score (nSPS) is 10.6. The molecule has 76 valence electrons. The van der Waals surface area contributed by atoms with Gasteiger partial charge in [-0.2, -0.15) is 0 Å². The van der Waals surface area contributed by atoms with Crippen molar-refractivity contribution in [3.05, 3.63) is 42.0 Å². The molecule has 14 heavy (non-hydrogen) atoms. The van der Waals surface area contributed by atoms with E-state index in [9.17, 15) is 0 Å². The largest absolute Gasteiger partial charge is 0.352 e. The van der Waals surface area contributed by atoms with Gasteiger partial charge in [-0.25, -0.2) is 0 Å². The molecular weight excluding hydrogens is 176 g/mol. The van der Waals surface area contributed by atoms with Gasteiger partial charge in [0, 0.05) is 19.8 Å². The number of hydrogen-bond acceptors (Lipinski definition) is 2. The summed E-state index contributed by atoms with van der Waals surface area (Å²) in [4.78, 5) is 0. The second kappa shape index (κ2) is 4.94. The molecule has 0 N–H and O–H groups in total. The topological polar surface area (TPSA) is 18.5 Å². The summed E-state index contributed by atoms with van der Waals surface area (Å²) in [7, 11) is 3.26. The van der Waals surface area contributed by atoms with E-state index in [2.05, 4.69) is 6.58 Å². The zero-order valence-corrected chi connectivity index (χ0v) is 8.91. The van der Waals surface area contributed by atoms with Crippen molar-refractivity contribution in [3.8, 4) is 0 Å². The fourth-order valence-electron chi connectivity index (χ4n) is 1.44.